The van der Waals surface area contributed by atoms with Gasteiger partial charge in [0.05, 0.1) is 25.2 Å². The molecule has 1 atom stereocenters. The number of nitrogens with zero attached hydrogens (tertiary/aromatic N) is 2. The van der Waals surface area contributed by atoms with Crippen molar-refractivity contribution < 1.29 is 25.3 Å². The molecular weight excluding hydrogens is 260 g/mol. The van der Waals surface area contributed by atoms with Crippen LogP contribution in [0.2, 0.25) is 0 Å². The molecule has 0 amide bonds. The van der Waals surface area contributed by atoms with Gasteiger partial charge >= 0.3 is 10.1 Å². The molecule has 0 spiro atoms. The highest BCUT2D eigenvalue weighted by molar-refractivity contribution is 7.86. The van der Waals surface area contributed by atoms with Crippen molar-refractivity contribution in [2.45, 2.75) is 19.4 Å². The molecule has 0 aromatic carbocycles. The summed E-state index contributed by atoms with van der Waals surface area (Å²) in [6.45, 7) is 1.57. The number of hydrogen-bond acceptors (Lipinski definition) is 8. The fourth-order valence-corrected chi connectivity index (χ4v) is 1.15. The molecule has 0 heterocycles. The first-order valence-corrected chi connectivity index (χ1v) is 7.86. The average molecular weight is 274 g/mol. The van der Waals surface area contributed by atoms with Crippen molar-refractivity contribution in [3.8, 4) is 0 Å². The molecule has 0 saturated carbocycles. The second-order valence-corrected chi connectivity index (χ2v) is 6.34. The van der Waals surface area contributed by atoms with Crippen LogP contribution in [0.25, 0.3) is 0 Å². The van der Waals surface area contributed by atoms with E-state index in [0.717, 1.165) is 12.5 Å². The molecule has 8 nitrogen and oxygen atoms in total. The van der Waals surface area contributed by atoms with Gasteiger partial charge in [-0.25, -0.2) is 4.28 Å². The van der Waals surface area contributed by atoms with E-state index < -0.39 is 26.3 Å². The second-order valence-electron chi connectivity index (χ2n) is 3.14. The summed E-state index contributed by atoms with van der Waals surface area (Å²) >= 11 is 0. The molecule has 0 rings (SSSR count). The van der Waals surface area contributed by atoms with Crippen molar-refractivity contribution in [1.29, 1.82) is 0 Å². The zero-order valence-electron chi connectivity index (χ0n) is 9.15. The zero-order valence-corrected chi connectivity index (χ0v) is 10.8. The Balaban J connectivity index is 3.88. The first kappa shape index (κ1) is 15.3. The number of rotatable bonds is 7. The summed E-state index contributed by atoms with van der Waals surface area (Å²) in [5, 5.41) is 6.47. The van der Waals surface area contributed by atoms with E-state index in [0.29, 0.717) is 0 Å². The first-order chi connectivity index (χ1) is 7.10. The van der Waals surface area contributed by atoms with Gasteiger partial charge in [0.15, 0.2) is 0 Å². The summed E-state index contributed by atoms with van der Waals surface area (Å²) in [7, 11) is -7.11. The standard InChI is InChI=1S/C6H14N2O6S2/c1-6(4-5-13-15(2,9)10)7-8-14-16(3,11)12/h6H,4-5H2,1-3H3. The third kappa shape index (κ3) is 11.3. The maximum absolute atomic E-state index is 10.6. The van der Waals surface area contributed by atoms with Gasteiger partial charge in [-0.15, -0.1) is 5.11 Å². The molecule has 1 unspecified atom stereocenters. The molecule has 16 heavy (non-hydrogen) atoms. The lowest BCUT2D eigenvalue weighted by Crippen LogP contribution is -2.09. The summed E-state index contributed by atoms with van der Waals surface area (Å²) in [6, 6.07) is -0.400. The average Bonchev–Trinajstić information content (AvgIpc) is 1.98. The Morgan fingerprint density at radius 1 is 1.12 bits per heavy atom. The molecular formula is C6H14N2O6S2. The van der Waals surface area contributed by atoms with E-state index in [-0.39, 0.29) is 13.0 Å². The molecule has 0 aromatic rings. The molecule has 0 saturated heterocycles. The van der Waals surface area contributed by atoms with Gasteiger partial charge in [-0.3, -0.25) is 4.18 Å². The Kier molecular flexibility index (Phi) is 5.83. The molecule has 0 aromatic heterocycles. The van der Waals surface area contributed by atoms with Crippen LogP contribution >= 0.6 is 0 Å². The summed E-state index contributed by atoms with van der Waals surface area (Å²) in [4.78, 5) is 0. The summed E-state index contributed by atoms with van der Waals surface area (Å²) in [6.07, 6.45) is 2.05. The highest BCUT2D eigenvalue weighted by Gasteiger charge is 2.05. The van der Waals surface area contributed by atoms with Gasteiger partial charge in [-0.05, 0) is 13.3 Å². The summed E-state index contributed by atoms with van der Waals surface area (Å²) < 4.78 is 50.6. The maximum Gasteiger partial charge on any atom is 0.327 e. The molecule has 0 aliphatic carbocycles. The van der Waals surface area contributed by atoms with Crippen LogP contribution in [-0.2, 0) is 28.7 Å². The normalized spacial score (nSPS) is 15.2. The van der Waals surface area contributed by atoms with Crippen LogP contribution in [0.3, 0.4) is 0 Å². The fourth-order valence-electron chi connectivity index (χ4n) is 0.588. The molecule has 0 N–H and O–H groups in total. The van der Waals surface area contributed by atoms with Gasteiger partial charge < -0.3 is 0 Å². The van der Waals surface area contributed by atoms with E-state index >= 15 is 0 Å². The topological polar surface area (TPSA) is 111 Å². The van der Waals surface area contributed by atoms with E-state index in [1.807, 2.05) is 0 Å². The summed E-state index contributed by atoms with van der Waals surface area (Å²) in [5.74, 6) is 0. The maximum atomic E-state index is 10.6. The van der Waals surface area contributed by atoms with Crippen LogP contribution < -0.4 is 0 Å². The molecule has 0 bridgehead atoms. The van der Waals surface area contributed by atoms with Gasteiger partial charge in [0.25, 0.3) is 10.1 Å². The quantitative estimate of drug-likeness (QED) is 0.369. The Labute approximate surface area is 94.9 Å². The fraction of sp³-hybridized carbons (Fsp3) is 1.00. The third-order valence-electron chi connectivity index (χ3n) is 1.25. The van der Waals surface area contributed by atoms with E-state index in [9.17, 15) is 16.8 Å². The minimum Gasteiger partial charge on any atom is -0.270 e. The van der Waals surface area contributed by atoms with Crippen LogP contribution in [0, 0.1) is 0 Å². The largest absolute Gasteiger partial charge is 0.327 e. The Hall–Kier alpha value is -0.740. The second kappa shape index (κ2) is 6.11. The lowest BCUT2D eigenvalue weighted by Gasteiger charge is -2.03. The molecule has 0 aliphatic heterocycles. The van der Waals surface area contributed by atoms with Crippen molar-refractivity contribution in [3.63, 3.8) is 0 Å². The smallest absolute Gasteiger partial charge is 0.270 e. The third-order valence-corrected chi connectivity index (χ3v) is 2.18. The predicted octanol–water partition coefficient (Wildman–Crippen LogP) is 0.0846. The predicted molar refractivity (Wildman–Crippen MR) is 55.7 cm³/mol. The van der Waals surface area contributed by atoms with Crippen molar-refractivity contribution in [2.24, 2.45) is 10.4 Å². The first-order valence-electron chi connectivity index (χ1n) is 4.23. The lowest BCUT2D eigenvalue weighted by molar-refractivity contribution is 0.281. The van der Waals surface area contributed by atoms with Crippen LogP contribution in [-0.4, -0.2) is 42.0 Å². The van der Waals surface area contributed by atoms with E-state index in [1.54, 1.807) is 6.92 Å². The number of hydrogen-bond donors (Lipinski definition) is 0. The van der Waals surface area contributed by atoms with Crippen molar-refractivity contribution in [1.82, 2.24) is 0 Å². The molecule has 10 heteroatoms. The monoisotopic (exact) mass is 274 g/mol. The van der Waals surface area contributed by atoms with E-state index in [4.69, 9.17) is 0 Å². The molecule has 96 valence electrons. The van der Waals surface area contributed by atoms with Crippen molar-refractivity contribution in [3.05, 3.63) is 0 Å². The van der Waals surface area contributed by atoms with Crippen LogP contribution in [0.4, 0.5) is 0 Å². The van der Waals surface area contributed by atoms with Gasteiger partial charge in [0.1, 0.15) is 0 Å². The highest BCUT2D eigenvalue weighted by atomic mass is 32.2. The van der Waals surface area contributed by atoms with E-state index in [2.05, 4.69) is 18.9 Å². The Bertz CT molecular complexity index is 426. The zero-order chi connectivity index (χ0) is 12.8. The highest BCUT2D eigenvalue weighted by Crippen LogP contribution is 2.01. The van der Waals surface area contributed by atoms with Crippen LogP contribution in [0.15, 0.2) is 10.4 Å². The van der Waals surface area contributed by atoms with Gasteiger partial charge in [-0.1, -0.05) is 0 Å². The van der Waals surface area contributed by atoms with Gasteiger partial charge in [0.2, 0.25) is 0 Å². The van der Waals surface area contributed by atoms with Gasteiger partial charge in [-0.2, -0.15) is 16.8 Å². The van der Waals surface area contributed by atoms with Gasteiger partial charge in [0, 0.05) is 5.28 Å². The lowest BCUT2D eigenvalue weighted by atomic mass is 10.3. The Morgan fingerprint density at radius 2 is 1.69 bits per heavy atom. The summed E-state index contributed by atoms with van der Waals surface area (Å²) in [5.41, 5.74) is 0. The minimum atomic E-state index is -3.65. The van der Waals surface area contributed by atoms with Crippen LogP contribution in [0.1, 0.15) is 13.3 Å². The SMILES string of the molecule is CC(CCOS(C)(=O)=O)N=NOS(C)(=O)=O. The molecule has 0 fully saturated rings. The minimum absolute atomic E-state index is 0.0438. The Morgan fingerprint density at radius 3 is 2.12 bits per heavy atom. The van der Waals surface area contributed by atoms with Crippen LogP contribution in [0.5, 0.6) is 0 Å². The molecule has 0 aliphatic rings. The van der Waals surface area contributed by atoms with E-state index in [1.165, 1.54) is 0 Å². The van der Waals surface area contributed by atoms with Crippen molar-refractivity contribution >= 4 is 20.2 Å². The molecule has 0 radical (unpaired) electrons. The van der Waals surface area contributed by atoms with Crippen molar-refractivity contribution in [2.75, 3.05) is 19.1 Å².